The van der Waals surface area contributed by atoms with Crippen molar-refractivity contribution in [1.82, 2.24) is 20.4 Å². The number of piperazine rings is 2. The summed E-state index contributed by atoms with van der Waals surface area (Å²) in [6.45, 7) is 10.6. The van der Waals surface area contributed by atoms with E-state index in [1.54, 1.807) is 0 Å². The number of nitriles is 3. The Hall–Kier alpha value is -4.05. The second-order valence-electron chi connectivity index (χ2n) is 16.4. The van der Waals surface area contributed by atoms with E-state index >= 15 is 0 Å². The minimum Gasteiger partial charge on any atom is -0.369 e. The molecule has 2 saturated heterocycles. The van der Waals surface area contributed by atoms with Crippen molar-refractivity contribution < 1.29 is 9.59 Å². The van der Waals surface area contributed by atoms with Gasteiger partial charge in [-0.05, 0) is 138 Å². The number of halogens is 2. The van der Waals surface area contributed by atoms with Crippen LogP contribution in [0.3, 0.4) is 0 Å². The number of benzene rings is 2. The van der Waals surface area contributed by atoms with E-state index in [-0.39, 0.29) is 24.3 Å². The van der Waals surface area contributed by atoms with Gasteiger partial charge in [-0.15, -0.1) is 0 Å². The van der Waals surface area contributed by atoms with Gasteiger partial charge in [-0.25, -0.2) is 0 Å². The smallest absolute Gasteiger partial charge is 0.234 e. The van der Waals surface area contributed by atoms with Gasteiger partial charge in [0.05, 0.1) is 34.5 Å². The highest BCUT2D eigenvalue weighted by Gasteiger charge is 2.26. The molecule has 0 spiro atoms. The van der Waals surface area contributed by atoms with Crippen LogP contribution in [0.2, 0.25) is 10.0 Å². The van der Waals surface area contributed by atoms with Crippen molar-refractivity contribution in [3.05, 3.63) is 58.1 Å². The van der Waals surface area contributed by atoms with Crippen molar-refractivity contribution in [2.75, 3.05) is 75.2 Å². The van der Waals surface area contributed by atoms with Gasteiger partial charge < -0.3 is 20.4 Å². The van der Waals surface area contributed by atoms with Gasteiger partial charge in [0.25, 0.3) is 0 Å². The van der Waals surface area contributed by atoms with Gasteiger partial charge in [-0.2, -0.15) is 15.8 Å². The maximum absolute atomic E-state index is 11.9. The molecule has 2 aliphatic heterocycles. The van der Waals surface area contributed by atoms with E-state index in [1.807, 2.05) is 48.5 Å². The maximum atomic E-state index is 11.9. The lowest BCUT2D eigenvalue weighted by Gasteiger charge is -2.37. The molecule has 0 aromatic heterocycles. The second-order valence-corrected chi connectivity index (χ2v) is 17.2. The first kappa shape index (κ1) is 45.0. The number of amides is 2. The van der Waals surface area contributed by atoms with Crippen LogP contribution < -0.4 is 20.4 Å². The number of hydrogen-bond acceptors (Lipinski definition) is 9. The lowest BCUT2D eigenvalue weighted by Crippen LogP contribution is -2.47. The Morgan fingerprint density at radius 1 is 0.655 bits per heavy atom. The Bertz CT molecular complexity index is 1710. The molecule has 2 N–H and O–H groups in total. The number of unbranched alkanes of at least 4 members (excludes halogenated alkanes) is 1. The fourth-order valence-electron chi connectivity index (χ4n) is 8.82. The Kier molecular flexibility index (Phi) is 18.7. The van der Waals surface area contributed by atoms with Crippen LogP contribution in [-0.2, 0) is 9.59 Å². The predicted molar refractivity (Wildman–Crippen MR) is 232 cm³/mol. The number of rotatable bonds is 14. The quantitative estimate of drug-likeness (QED) is 0.185. The lowest BCUT2D eigenvalue weighted by molar-refractivity contribution is -0.122. The molecule has 6 rings (SSSR count). The molecule has 2 saturated carbocycles. The molecule has 13 heteroatoms. The molecule has 2 amide bonds. The first-order valence-corrected chi connectivity index (χ1v) is 22.2. The number of carbonyl (C=O) groups excluding carboxylic acids is 2. The second kappa shape index (κ2) is 24.1. The van der Waals surface area contributed by atoms with Gasteiger partial charge in [0.15, 0.2) is 0 Å². The van der Waals surface area contributed by atoms with Gasteiger partial charge in [0.2, 0.25) is 11.8 Å². The molecular weight excluding hydrogens is 769 g/mol. The highest BCUT2D eigenvalue weighted by molar-refractivity contribution is 6.35. The highest BCUT2D eigenvalue weighted by atomic mass is 35.5. The lowest BCUT2D eigenvalue weighted by atomic mass is 9.84. The summed E-state index contributed by atoms with van der Waals surface area (Å²) in [5.41, 5.74) is 2.95. The van der Waals surface area contributed by atoms with Crippen LogP contribution in [0.15, 0.2) is 42.5 Å². The topological polar surface area (TPSA) is 143 Å². The van der Waals surface area contributed by atoms with Crippen LogP contribution in [0.5, 0.6) is 0 Å². The Morgan fingerprint density at radius 2 is 1.19 bits per heavy atom. The van der Waals surface area contributed by atoms with Crippen molar-refractivity contribution in [3.8, 4) is 18.2 Å². The molecule has 0 radical (unpaired) electrons. The molecule has 2 aliphatic carbocycles. The van der Waals surface area contributed by atoms with Crippen LogP contribution in [-0.4, -0.2) is 99.1 Å². The predicted octanol–water partition coefficient (Wildman–Crippen LogP) is 7.53. The van der Waals surface area contributed by atoms with Gasteiger partial charge in [-0.3, -0.25) is 19.4 Å². The van der Waals surface area contributed by atoms with E-state index in [9.17, 15) is 9.59 Å². The molecule has 0 bridgehead atoms. The monoisotopic (exact) mass is 829 g/mol. The largest absolute Gasteiger partial charge is 0.369 e. The molecular formula is C45H61Cl2N9O2. The zero-order chi connectivity index (χ0) is 41.1. The first-order chi connectivity index (χ1) is 28.2. The summed E-state index contributed by atoms with van der Waals surface area (Å²) >= 11 is 12.5. The molecule has 4 aliphatic rings. The third-order valence-electron chi connectivity index (χ3n) is 12.4. The summed E-state index contributed by atoms with van der Waals surface area (Å²) in [5, 5.41) is 33.7. The van der Waals surface area contributed by atoms with Gasteiger partial charge in [0.1, 0.15) is 6.42 Å². The Labute approximate surface area is 356 Å². The van der Waals surface area contributed by atoms with Gasteiger partial charge in [0, 0.05) is 88.0 Å². The molecule has 11 nitrogen and oxygen atoms in total. The van der Waals surface area contributed by atoms with Crippen molar-refractivity contribution in [2.24, 2.45) is 11.8 Å². The third-order valence-corrected chi connectivity index (χ3v) is 13.0. The SMILES string of the molecule is N#CCC(=O)NC1CCC(CCN2CCN(c3ccc(C#N)cc3)CC2)CC1.N#CCCCC(=O)NC1CCC(CCN2CCN(c3cc(Cl)ccc3Cl)CC2)CC1. The molecule has 312 valence electrons. The van der Waals surface area contributed by atoms with E-state index in [4.69, 9.17) is 39.0 Å². The van der Waals surface area contributed by atoms with E-state index < -0.39 is 0 Å². The van der Waals surface area contributed by atoms with E-state index in [2.05, 4.69) is 42.4 Å². The highest BCUT2D eigenvalue weighted by Crippen LogP contribution is 2.31. The van der Waals surface area contributed by atoms with Crippen LogP contribution >= 0.6 is 23.2 Å². The zero-order valence-corrected chi connectivity index (χ0v) is 35.5. The van der Waals surface area contributed by atoms with Crippen LogP contribution in [0.4, 0.5) is 11.4 Å². The summed E-state index contributed by atoms with van der Waals surface area (Å²) < 4.78 is 0. The summed E-state index contributed by atoms with van der Waals surface area (Å²) in [7, 11) is 0. The number of nitrogens with zero attached hydrogens (tertiary/aromatic N) is 7. The fraction of sp³-hybridized carbons (Fsp3) is 0.622. The number of carbonyl (C=O) groups is 2. The number of hydrogen-bond donors (Lipinski definition) is 2. The average Bonchev–Trinajstić information content (AvgIpc) is 3.25. The minimum absolute atomic E-state index is 0.0334. The first-order valence-electron chi connectivity index (χ1n) is 21.4. The normalized spacial score (nSPS) is 22.7. The summed E-state index contributed by atoms with van der Waals surface area (Å²) in [5.74, 6) is 1.48. The van der Waals surface area contributed by atoms with Gasteiger partial charge in [-0.1, -0.05) is 23.2 Å². The van der Waals surface area contributed by atoms with Gasteiger partial charge >= 0.3 is 0 Å². The Balaban J connectivity index is 0.000000221. The fourth-order valence-corrected chi connectivity index (χ4v) is 9.22. The minimum atomic E-state index is -0.133. The standard InChI is InChI=1S/C23H32Cl2N4O.C22H29N5O/c24-19-6-9-21(25)22(17-19)29-15-13-28(14-16-29)12-10-18-4-7-20(8-5-18)27-23(30)3-1-2-11-26;23-11-9-22(28)25-20-5-1-18(2-6-20)10-12-26-13-15-27(16-14-26)21-7-3-19(17-24)4-8-21/h6,9,17-18,20H,1-5,7-8,10,12-16H2,(H,27,30);3-4,7-8,18,20H,1-2,5-6,9-10,12-16H2,(H,25,28). The molecule has 4 fully saturated rings. The molecule has 0 unspecified atom stereocenters. The Morgan fingerprint density at radius 3 is 1.71 bits per heavy atom. The summed E-state index contributed by atoms with van der Waals surface area (Å²) in [6, 6.07) is 20.3. The number of anilines is 2. The van der Waals surface area contributed by atoms with E-state index in [1.165, 1.54) is 44.2 Å². The third kappa shape index (κ3) is 15.0. The summed E-state index contributed by atoms with van der Waals surface area (Å²) in [4.78, 5) is 33.3. The molecule has 2 heterocycles. The van der Waals surface area contributed by atoms with E-state index in [0.717, 1.165) is 119 Å². The molecule has 58 heavy (non-hydrogen) atoms. The molecule has 2 aromatic rings. The van der Waals surface area contributed by atoms with Crippen LogP contribution in [0, 0.1) is 45.8 Å². The van der Waals surface area contributed by atoms with Crippen molar-refractivity contribution >= 4 is 46.4 Å². The maximum Gasteiger partial charge on any atom is 0.234 e. The van der Waals surface area contributed by atoms with Crippen LogP contribution in [0.25, 0.3) is 0 Å². The van der Waals surface area contributed by atoms with Crippen molar-refractivity contribution in [3.63, 3.8) is 0 Å². The van der Waals surface area contributed by atoms with Crippen molar-refractivity contribution in [1.29, 1.82) is 15.8 Å². The van der Waals surface area contributed by atoms with Crippen LogP contribution in [0.1, 0.15) is 95.5 Å². The molecule has 2 aromatic carbocycles. The summed E-state index contributed by atoms with van der Waals surface area (Å²) in [6.07, 6.45) is 13.0. The van der Waals surface area contributed by atoms with E-state index in [0.29, 0.717) is 30.9 Å². The molecule has 0 atom stereocenters. The average molecular weight is 831 g/mol. The van der Waals surface area contributed by atoms with Crippen molar-refractivity contribution in [2.45, 2.75) is 102 Å². The zero-order valence-electron chi connectivity index (χ0n) is 34.0. The number of nitrogens with one attached hydrogen (secondary N) is 2.